The normalized spacial score (nSPS) is 11.1. The lowest BCUT2D eigenvalue weighted by atomic mass is 9.99. The Kier molecular flexibility index (Phi) is 4.99. The second-order valence-electron chi connectivity index (χ2n) is 5.19. The molecule has 0 atom stereocenters. The Morgan fingerprint density at radius 2 is 1.96 bits per heavy atom. The van der Waals surface area contributed by atoms with Gasteiger partial charge in [-0.2, -0.15) is 4.99 Å². The summed E-state index contributed by atoms with van der Waals surface area (Å²) in [5, 5.41) is 0. The number of nitrogens with two attached hydrogens (primary N) is 2. The molecule has 0 saturated carbocycles. The van der Waals surface area contributed by atoms with Gasteiger partial charge in [-0.25, -0.2) is 8.42 Å². The molecule has 0 aliphatic heterocycles. The molecular weight excluding hydrogens is 328 g/mol. The van der Waals surface area contributed by atoms with Crippen molar-refractivity contribution in [2.75, 3.05) is 6.26 Å². The fourth-order valence-corrected chi connectivity index (χ4v) is 3.22. The smallest absolute Gasteiger partial charge is 0.280 e. The van der Waals surface area contributed by atoms with Crippen molar-refractivity contribution in [1.82, 2.24) is 4.98 Å². The number of nitrogens with zero attached hydrogens (tertiary/aromatic N) is 2. The lowest BCUT2D eigenvalue weighted by molar-refractivity contribution is 0.100. The number of hydrogen-bond acceptors (Lipinski definition) is 4. The quantitative estimate of drug-likeness (QED) is 0.631. The maximum Gasteiger partial charge on any atom is 0.280 e. The zero-order valence-corrected chi connectivity index (χ0v) is 14.2. The highest BCUT2D eigenvalue weighted by atomic mass is 32.2. The molecule has 0 aliphatic rings. The third-order valence-corrected chi connectivity index (χ3v) is 4.52. The number of aromatic nitrogens is 1. The van der Waals surface area contributed by atoms with Gasteiger partial charge in [-0.1, -0.05) is 13.0 Å². The second kappa shape index (κ2) is 6.79. The summed E-state index contributed by atoms with van der Waals surface area (Å²) in [6.07, 6.45) is 3.16. The van der Waals surface area contributed by atoms with Gasteiger partial charge in [0.05, 0.1) is 10.6 Å². The van der Waals surface area contributed by atoms with Crippen molar-refractivity contribution in [1.29, 1.82) is 0 Å². The summed E-state index contributed by atoms with van der Waals surface area (Å²) < 4.78 is 24.4. The zero-order chi connectivity index (χ0) is 17.9. The summed E-state index contributed by atoms with van der Waals surface area (Å²) in [6, 6.07) is 8.17. The van der Waals surface area contributed by atoms with Gasteiger partial charge in [0.1, 0.15) is 0 Å². The highest BCUT2D eigenvalue weighted by Gasteiger charge is 2.21. The third kappa shape index (κ3) is 3.77. The van der Waals surface area contributed by atoms with E-state index in [-0.39, 0.29) is 16.4 Å². The van der Waals surface area contributed by atoms with Crippen LogP contribution in [0, 0.1) is 0 Å². The molecule has 0 unspecified atom stereocenters. The van der Waals surface area contributed by atoms with Crippen LogP contribution in [0.5, 0.6) is 0 Å². The Bertz CT molecular complexity index is 902. The van der Waals surface area contributed by atoms with Crippen molar-refractivity contribution < 1.29 is 13.2 Å². The third-order valence-electron chi connectivity index (χ3n) is 3.39. The van der Waals surface area contributed by atoms with Gasteiger partial charge in [-0.15, -0.1) is 0 Å². The highest BCUT2D eigenvalue weighted by Crippen LogP contribution is 2.30. The monoisotopic (exact) mass is 346 g/mol. The Balaban J connectivity index is 2.79. The van der Waals surface area contributed by atoms with Crippen LogP contribution in [0.15, 0.2) is 46.4 Å². The van der Waals surface area contributed by atoms with Crippen molar-refractivity contribution in [3.63, 3.8) is 0 Å². The number of hydrogen-bond donors (Lipinski definition) is 2. The maximum absolute atomic E-state index is 12.2. The van der Waals surface area contributed by atoms with Gasteiger partial charge in [0.25, 0.3) is 5.91 Å². The van der Waals surface area contributed by atoms with Crippen LogP contribution in [0.25, 0.3) is 11.3 Å². The van der Waals surface area contributed by atoms with E-state index in [4.69, 9.17) is 11.5 Å². The number of carbonyl (C=O) groups excluding carboxylic acids is 1. The van der Waals surface area contributed by atoms with Crippen LogP contribution < -0.4 is 11.5 Å². The largest absolute Gasteiger partial charge is 0.370 e. The first-order valence-electron chi connectivity index (χ1n) is 7.16. The lowest BCUT2D eigenvalue weighted by Crippen LogP contribution is -2.24. The minimum absolute atomic E-state index is 0.00698. The number of pyridine rings is 1. The summed E-state index contributed by atoms with van der Waals surface area (Å²) in [5.41, 5.74) is 12.2. The molecule has 2 aromatic rings. The van der Waals surface area contributed by atoms with E-state index in [9.17, 15) is 13.2 Å². The van der Waals surface area contributed by atoms with E-state index >= 15 is 0 Å². The molecule has 4 N–H and O–H groups in total. The topological polar surface area (TPSA) is 128 Å². The number of aryl methyl sites for hydroxylation is 1. The van der Waals surface area contributed by atoms with Gasteiger partial charge < -0.3 is 11.5 Å². The molecule has 126 valence electrons. The molecular formula is C16H18N4O3S. The van der Waals surface area contributed by atoms with Gasteiger partial charge >= 0.3 is 0 Å². The summed E-state index contributed by atoms with van der Waals surface area (Å²) >= 11 is 0. The van der Waals surface area contributed by atoms with Gasteiger partial charge in [-0.05, 0) is 36.2 Å². The molecule has 1 heterocycles. The van der Waals surface area contributed by atoms with Crippen molar-refractivity contribution in [2.45, 2.75) is 18.2 Å². The van der Waals surface area contributed by atoms with Crippen LogP contribution in [0.1, 0.15) is 22.8 Å². The van der Waals surface area contributed by atoms with Crippen LogP contribution in [-0.2, 0) is 16.3 Å². The molecule has 7 nitrogen and oxygen atoms in total. The predicted molar refractivity (Wildman–Crippen MR) is 92.3 cm³/mol. The average molecular weight is 346 g/mol. The Hall–Kier alpha value is -2.74. The van der Waals surface area contributed by atoms with Crippen LogP contribution in [0.2, 0.25) is 0 Å². The number of carbonyl (C=O) groups is 1. The average Bonchev–Trinajstić information content (AvgIpc) is 2.52. The molecule has 0 bridgehead atoms. The number of aliphatic imine (C=N–C) groups is 1. The number of rotatable bonds is 4. The number of sulfone groups is 1. The predicted octanol–water partition coefficient (Wildman–Crippen LogP) is 1.13. The molecule has 24 heavy (non-hydrogen) atoms. The fourth-order valence-electron chi connectivity index (χ4n) is 2.32. The maximum atomic E-state index is 12.2. The number of amides is 1. The second-order valence-corrected chi connectivity index (χ2v) is 7.17. The van der Waals surface area contributed by atoms with E-state index in [1.165, 1.54) is 6.07 Å². The number of guanidine groups is 1. The number of benzene rings is 1. The summed E-state index contributed by atoms with van der Waals surface area (Å²) in [7, 11) is -3.59. The Morgan fingerprint density at radius 3 is 2.46 bits per heavy atom. The van der Waals surface area contributed by atoms with E-state index < -0.39 is 15.7 Å². The first-order valence-corrected chi connectivity index (χ1v) is 9.05. The van der Waals surface area contributed by atoms with E-state index in [1.807, 2.05) is 6.92 Å². The molecule has 0 spiro atoms. The zero-order valence-electron chi connectivity index (χ0n) is 13.4. The molecule has 0 saturated heterocycles. The molecule has 1 amide bonds. The van der Waals surface area contributed by atoms with E-state index in [0.29, 0.717) is 23.2 Å². The Morgan fingerprint density at radius 1 is 1.25 bits per heavy atom. The first kappa shape index (κ1) is 17.6. The van der Waals surface area contributed by atoms with E-state index in [2.05, 4.69) is 9.98 Å². The van der Waals surface area contributed by atoms with E-state index in [0.717, 1.165) is 6.26 Å². The van der Waals surface area contributed by atoms with Gasteiger partial charge in [0.15, 0.2) is 15.8 Å². The molecule has 2 rings (SSSR count). The first-order chi connectivity index (χ1) is 11.2. The minimum atomic E-state index is -3.59. The minimum Gasteiger partial charge on any atom is -0.370 e. The van der Waals surface area contributed by atoms with Crippen LogP contribution in [0.3, 0.4) is 0 Å². The van der Waals surface area contributed by atoms with Crippen molar-refractivity contribution >= 4 is 21.7 Å². The van der Waals surface area contributed by atoms with Crippen molar-refractivity contribution in [3.05, 3.63) is 47.7 Å². The fraction of sp³-hybridized carbons (Fsp3) is 0.188. The van der Waals surface area contributed by atoms with Crippen LogP contribution >= 0.6 is 0 Å². The molecule has 8 heteroatoms. The van der Waals surface area contributed by atoms with E-state index in [1.54, 1.807) is 30.5 Å². The van der Waals surface area contributed by atoms with Crippen LogP contribution in [-0.4, -0.2) is 31.5 Å². The van der Waals surface area contributed by atoms with Gasteiger partial charge in [-0.3, -0.25) is 9.78 Å². The standard InChI is InChI=1S/C16H18N4O3S/c1-3-10-8-12(13-6-4-5-7-19-13)14(24(2,22)23)9-11(10)15(21)20-16(17)18/h4-9H,3H2,1-2H3,(H4,17,18,20,21). The summed E-state index contributed by atoms with van der Waals surface area (Å²) in [5.74, 6) is -1.05. The van der Waals surface area contributed by atoms with Crippen molar-refractivity contribution in [2.24, 2.45) is 16.5 Å². The van der Waals surface area contributed by atoms with Crippen LogP contribution in [0.4, 0.5) is 0 Å². The van der Waals surface area contributed by atoms with Gasteiger partial charge in [0.2, 0.25) is 0 Å². The lowest BCUT2D eigenvalue weighted by Gasteiger charge is -2.13. The Labute approximate surface area is 140 Å². The summed E-state index contributed by atoms with van der Waals surface area (Å²) in [6.45, 7) is 1.85. The molecule has 0 radical (unpaired) electrons. The molecule has 1 aromatic heterocycles. The summed E-state index contributed by atoms with van der Waals surface area (Å²) in [4.78, 5) is 19.9. The SMILES string of the molecule is CCc1cc(-c2ccccn2)c(S(C)(=O)=O)cc1C(=O)N=C(N)N. The van der Waals surface area contributed by atoms with Gasteiger partial charge in [0, 0.05) is 23.6 Å². The molecule has 0 fully saturated rings. The molecule has 0 aliphatic carbocycles. The molecule has 1 aromatic carbocycles. The highest BCUT2D eigenvalue weighted by molar-refractivity contribution is 7.90. The van der Waals surface area contributed by atoms with Crippen molar-refractivity contribution in [3.8, 4) is 11.3 Å².